The Morgan fingerprint density at radius 2 is 1.84 bits per heavy atom. The van der Waals surface area contributed by atoms with Gasteiger partial charge in [-0.2, -0.15) is 0 Å². The summed E-state index contributed by atoms with van der Waals surface area (Å²) >= 11 is 0. The van der Waals surface area contributed by atoms with Crippen LogP contribution in [0.15, 0.2) is 0 Å². The van der Waals surface area contributed by atoms with E-state index in [1.807, 2.05) is 0 Å². The molecule has 0 aromatic carbocycles. The Kier molecular flexibility index (Phi) is 6.80. The molecule has 1 fully saturated rings. The number of carbonyl (C=O) groups is 1. The summed E-state index contributed by atoms with van der Waals surface area (Å²) in [7, 11) is 2.16. The van der Waals surface area contributed by atoms with E-state index in [0.717, 1.165) is 58.5 Å². The molecule has 0 aromatic heterocycles. The van der Waals surface area contributed by atoms with Crippen molar-refractivity contribution in [1.29, 1.82) is 0 Å². The molecule has 1 saturated heterocycles. The van der Waals surface area contributed by atoms with Gasteiger partial charge in [-0.25, -0.2) is 0 Å². The van der Waals surface area contributed by atoms with E-state index < -0.39 is 0 Å². The summed E-state index contributed by atoms with van der Waals surface area (Å²) in [6, 6.07) is 0. The lowest BCUT2D eigenvalue weighted by Crippen LogP contribution is -2.48. The van der Waals surface area contributed by atoms with Gasteiger partial charge in [-0.15, -0.1) is 0 Å². The van der Waals surface area contributed by atoms with Crippen LogP contribution in [0.3, 0.4) is 0 Å². The van der Waals surface area contributed by atoms with E-state index in [2.05, 4.69) is 42.9 Å². The van der Waals surface area contributed by atoms with Gasteiger partial charge < -0.3 is 10.2 Å². The summed E-state index contributed by atoms with van der Waals surface area (Å²) in [6.07, 6.45) is 2.96. The maximum absolute atomic E-state index is 12.2. The summed E-state index contributed by atoms with van der Waals surface area (Å²) < 4.78 is 0. The van der Waals surface area contributed by atoms with Crippen LogP contribution in [0.25, 0.3) is 0 Å². The van der Waals surface area contributed by atoms with E-state index in [0.29, 0.717) is 0 Å². The van der Waals surface area contributed by atoms with E-state index in [1.54, 1.807) is 0 Å². The van der Waals surface area contributed by atoms with Gasteiger partial charge in [0.1, 0.15) is 0 Å². The van der Waals surface area contributed by atoms with Crippen LogP contribution < -0.4 is 5.32 Å². The molecule has 1 amide bonds. The minimum atomic E-state index is -0.184. The van der Waals surface area contributed by atoms with Crippen molar-refractivity contribution in [3.63, 3.8) is 0 Å². The standard InChI is InChI=1S/C15H31N3O/c1-5-7-15(3,6-2)14(19)16-8-9-18-12-10-17(4)11-13-18/h5-13H2,1-4H3,(H,16,19). The Morgan fingerprint density at radius 1 is 1.21 bits per heavy atom. The first-order chi connectivity index (χ1) is 9.01. The van der Waals surface area contributed by atoms with E-state index in [-0.39, 0.29) is 11.3 Å². The average molecular weight is 269 g/mol. The molecular weight excluding hydrogens is 238 g/mol. The Hall–Kier alpha value is -0.610. The lowest BCUT2D eigenvalue weighted by Gasteiger charge is -2.33. The van der Waals surface area contributed by atoms with Gasteiger partial charge in [0, 0.05) is 44.7 Å². The lowest BCUT2D eigenvalue weighted by molar-refractivity contribution is -0.130. The fourth-order valence-corrected chi connectivity index (χ4v) is 2.62. The number of amides is 1. The first-order valence-electron chi connectivity index (χ1n) is 7.71. The van der Waals surface area contributed by atoms with Crippen molar-refractivity contribution >= 4 is 5.91 Å². The van der Waals surface area contributed by atoms with Crippen LogP contribution in [0.5, 0.6) is 0 Å². The summed E-state index contributed by atoms with van der Waals surface area (Å²) in [6.45, 7) is 12.6. The van der Waals surface area contributed by atoms with Crippen molar-refractivity contribution in [3.05, 3.63) is 0 Å². The zero-order valence-electron chi connectivity index (χ0n) is 13.2. The molecule has 4 heteroatoms. The Morgan fingerprint density at radius 3 is 2.37 bits per heavy atom. The summed E-state index contributed by atoms with van der Waals surface area (Å²) in [4.78, 5) is 17.0. The summed E-state index contributed by atoms with van der Waals surface area (Å²) in [5.41, 5.74) is -0.184. The number of hydrogen-bond donors (Lipinski definition) is 1. The van der Waals surface area contributed by atoms with E-state index >= 15 is 0 Å². The highest BCUT2D eigenvalue weighted by Crippen LogP contribution is 2.27. The third-order valence-corrected chi connectivity index (χ3v) is 4.44. The molecule has 0 aliphatic carbocycles. The third-order valence-electron chi connectivity index (χ3n) is 4.44. The van der Waals surface area contributed by atoms with Crippen molar-refractivity contribution in [2.24, 2.45) is 5.41 Å². The van der Waals surface area contributed by atoms with Crippen molar-refractivity contribution in [3.8, 4) is 0 Å². The molecule has 19 heavy (non-hydrogen) atoms. The number of carbonyl (C=O) groups excluding carboxylic acids is 1. The second-order valence-electron chi connectivity index (χ2n) is 6.07. The second-order valence-corrected chi connectivity index (χ2v) is 6.07. The Labute approximate surface area is 118 Å². The van der Waals surface area contributed by atoms with Crippen molar-refractivity contribution in [2.75, 3.05) is 46.3 Å². The molecular formula is C15H31N3O. The topological polar surface area (TPSA) is 35.6 Å². The first-order valence-corrected chi connectivity index (χ1v) is 7.71. The fourth-order valence-electron chi connectivity index (χ4n) is 2.62. The van der Waals surface area contributed by atoms with Gasteiger partial charge in [0.25, 0.3) is 0 Å². The first kappa shape index (κ1) is 16.4. The molecule has 1 N–H and O–H groups in total. The number of hydrogen-bond acceptors (Lipinski definition) is 3. The summed E-state index contributed by atoms with van der Waals surface area (Å²) in [5.74, 6) is 0.228. The highest BCUT2D eigenvalue weighted by atomic mass is 16.2. The van der Waals surface area contributed by atoms with Crippen molar-refractivity contribution < 1.29 is 4.79 Å². The van der Waals surface area contributed by atoms with E-state index in [9.17, 15) is 4.79 Å². The van der Waals surface area contributed by atoms with Gasteiger partial charge in [0.15, 0.2) is 0 Å². The molecule has 0 aromatic rings. The molecule has 0 spiro atoms. The maximum atomic E-state index is 12.2. The van der Waals surface area contributed by atoms with Gasteiger partial charge in [-0.05, 0) is 19.9 Å². The molecule has 0 radical (unpaired) electrons. The van der Waals surface area contributed by atoms with Crippen LogP contribution in [-0.2, 0) is 4.79 Å². The number of likely N-dealkylation sites (N-methyl/N-ethyl adjacent to an activating group) is 1. The third kappa shape index (κ3) is 5.11. The normalized spacial score (nSPS) is 21.1. The zero-order chi connectivity index (χ0) is 14.3. The van der Waals surface area contributed by atoms with Crippen molar-refractivity contribution in [2.45, 2.75) is 40.0 Å². The second kappa shape index (κ2) is 7.85. The van der Waals surface area contributed by atoms with Gasteiger partial charge >= 0.3 is 0 Å². The van der Waals surface area contributed by atoms with Crippen LogP contribution in [0.4, 0.5) is 0 Å². The molecule has 1 aliphatic heterocycles. The highest BCUT2D eigenvalue weighted by Gasteiger charge is 2.29. The van der Waals surface area contributed by atoms with Crippen LogP contribution in [0, 0.1) is 5.41 Å². The monoisotopic (exact) mass is 269 g/mol. The largest absolute Gasteiger partial charge is 0.354 e. The van der Waals surface area contributed by atoms with Crippen LogP contribution in [-0.4, -0.2) is 62.0 Å². The number of nitrogens with one attached hydrogen (secondary N) is 1. The molecule has 112 valence electrons. The zero-order valence-corrected chi connectivity index (χ0v) is 13.2. The van der Waals surface area contributed by atoms with Crippen molar-refractivity contribution in [1.82, 2.24) is 15.1 Å². The predicted molar refractivity (Wildman–Crippen MR) is 80.3 cm³/mol. The number of nitrogens with zero attached hydrogens (tertiary/aromatic N) is 2. The minimum absolute atomic E-state index is 0.184. The molecule has 4 nitrogen and oxygen atoms in total. The van der Waals surface area contributed by atoms with Gasteiger partial charge in [-0.3, -0.25) is 9.69 Å². The number of rotatable bonds is 7. The van der Waals surface area contributed by atoms with Gasteiger partial charge in [0.2, 0.25) is 5.91 Å². The Balaban J connectivity index is 2.26. The molecule has 1 aliphatic rings. The van der Waals surface area contributed by atoms with Crippen LogP contribution >= 0.6 is 0 Å². The molecule has 0 saturated carbocycles. The van der Waals surface area contributed by atoms with Crippen LogP contribution in [0.1, 0.15) is 40.0 Å². The molecule has 1 unspecified atom stereocenters. The summed E-state index contributed by atoms with van der Waals surface area (Å²) in [5, 5.41) is 3.12. The van der Waals surface area contributed by atoms with Gasteiger partial charge in [0.05, 0.1) is 0 Å². The average Bonchev–Trinajstić information content (AvgIpc) is 2.41. The quantitative estimate of drug-likeness (QED) is 0.762. The van der Waals surface area contributed by atoms with Gasteiger partial charge in [-0.1, -0.05) is 27.2 Å². The fraction of sp³-hybridized carbons (Fsp3) is 0.933. The maximum Gasteiger partial charge on any atom is 0.225 e. The smallest absolute Gasteiger partial charge is 0.225 e. The van der Waals surface area contributed by atoms with E-state index in [4.69, 9.17) is 0 Å². The molecule has 1 atom stereocenters. The SMILES string of the molecule is CCCC(C)(CC)C(=O)NCCN1CCN(C)CC1. The molecule has 0 bridgehead atoms. The van der Waals surface area contributed by atoms with E-state index in [1.165, 1.54) is 0 Å². The minimum Gasteiger partial charge on any atom is -0.354 e. The highest BCUT2D eigenvalue weighted by molar-refractivity contribution is 5.82. The lowest BCUT2D eigenvalue weighted by atomic mass is 9.82. The number of piperazine rings is 1. The molecule has 1 heterocycles. The molecule has 1 rings (SSSR count). The predicted octanol–water partition coefficient (Wildman–Crippen LogP) is 1.57. The van der Waals surface area contributed by atoms with Crippen LogP contribution in [0.2, 0.25) is 0 Å². The Bertz CT molecular complexity index is 275.